The molecule has 7 atom stereocenters. The van der Waals surface area contributed by atoms with Crippen LogP contribution in [0.3, 0.4) is 0 Å². The minimum atomic E-state index is -4.95. The summed E-state index contributed by atoms with van der Waals surface area (Å²) in [5, 5.41) is 10.6. The van der Waals surface area contributed by atoms with Crippen molar-refractivity contribution in [2.75, 3.05) is 39.6 Å². The number of carbonyl (C=O) groups is 4. The standard InChI is InChI=1S/C72H140O17P2/c1-7-11-13-15-16-17-18-19-20-21-25-28-31-37-43-49-55-70(75)83-61-68(89-71(76)56-50-44-38-32-29-26-23-22-24-27-30-35-41-46-52-64(5)9-3)63-87-91(80,81)85-59-66(73)58-84-90(78,79)86-62-67(60-82-69(74)54-48-40-14-12-8-2)88-72(77)57-51-45-39-34-33-36-42-47-53-65(6)10-4/h64-68,73H,7-63H2,1-6H3,(H,78,79)(H,80,81)/t64?,65?,66-,67+,68+/m0/s1. The third-order valence-corrected chi connectivity index (χ3v) is 19.3. The number of phosphoric acid groups is 2. The lowest BCUT2D eigenvalue weighted by molar-refractivity contribution is -0.161. The molecule has 540 valence electrons. The van der Waals surface area contributed by atoms with Crippen LogP contribution in [0.1, 0.15) is 369 Å². The highest BCUT2D eigenvalue weighted by molar-refractivity contribution is 7.47. The molecule has 0 fully saturated rings. The lowest BCUT2D eigenvalue weighted by Crippen LogP contribution is -2.30. The Labute approximate surface area is 556 Å². The Morgan fingerprint density at radius 2 is 0.527 bits per heavy atom. The molecule has 0 amide bonds. The Hall–Kier alpha value is -1.94. The molecule has 0 aromatic carbocycles. The first-order valence-electron chi connectivity index (χ1n) is 37.6. The van der Waals surface area contributed by atoms with E-state index >= 15 is 0 Å². The number of carbonyl (C=O) groups excluding carboxylic acids is 4. The van der Waals surface area contributed by atoms with Crippen LogP contribution in [0.2, 0.25) is 0 Å². The van der Waals surface area contributed by atoms with Gasteiger partial charge in [0.15, 0.2) is 12.2 Å². The zero-order valence-corrected chi connectivity index (χ0v) is 60.9. The number of hydrogen-bond donors (Lipinski definition) is 3. The minimum Gasteiger partial charge on any atom is -0.462 e. The molecule has 0 heterocycles. The molecule has 0 aliphatic carbocycles. The fourth-order valence-corrected chi connectivity index (χ4v) is 12.5. The maximum atomic E-state index is 13.0. The summed E-state index contributed by atoms with van der Waals surface area (Å²) in [5.41, 5.74) is 0. The largest absolute Gasteiger partial charge is 0.472 e. The number of rotatable bonds is 71. The van der Waals surface area contributed by atoms with Gasteiger partial charge in [-0.25, -0.2) is 9.13 Å². The number of esters is 4. The van der Waals surface area contributed by atoms with E-state index < -0.39 is 97.5 Å². The molecule has 17 nitrogen and oxygen atoms in total. The van der Waals surface area contributed by atoms with Crippen LogP contribution >= 0.6 is 15.6 Å². The Kier molecular flexibility index (Phi) is 62.7. The lowest BCUT2D eigenvalue weighted by atomic mass is 9.99. The van der Waals surface area contributed by atoms with E-state index in [1.165, 1.54) is 180 Å². The van der Waals surface area contributed by atoms with Crippen molar-refractivity contribution in [3.8, 4) is 0 Å². The summed E-state index contributed by atoms with van der Waals surface area (Å²) in [7, 11) is -9.89. The van der Waals surface area contributed by atoms with Crippen LogP contribution in [0.4, 0.5) is 0 Å². The van der Waals surface area contributed by atoms with E-state index in [1.54, 1.807) is 0 Å². The monoisotopic (exact) mass is 1340 g/mol. The molecule has 91 heavy (non-hydrogen) atoms. The summed E-state index contributed by atoms with van der Waals surface area (Å²) in [4.78, 5) is 72.4. The first-order chi connectivity index (χ1) is 43.9. The molecular formula is C72H140O17P2. The fourth-order valence-electron chi connectivity index (χ4n) is 10.9. The van der Waals surface area contributed by atoms with Gasteiger partial charge < -0.3 is 33.8 Å². The van der Waals surface area contributed by atoms with Crippen molar-refractivity contribution in [1.82, 2.24) is 0 Å². The summed E-state index contributed by atoms with van der Waals surface area (Å²) in [6.07, 6.45) is 50.2. The van der Waals surface area contributed by atoms with Gasteiger partial charge in [-0.3, -0.25) is 37.3 Å². The number of phosphoric ester groups is 2. The van der Waals surface area contributed by atoms with Gasteiger partial charge in [0, 0.05) is 25.7 Å². The topological polar surface area (TPSA) is 237 Å². The van der Waals surface area contributed by atoms with Crippen molar-refractivity contribution in [1.29, 1.82) is 0 Å². The van der Waals surface area contributed by atoms with Crippen LogP contribution in [0, 0.1) is 11.8 Å². The molecule has 0 saturated heterocycles. The quantitative estimate of drug-likeness (QED) is 0.0222. The first kappa shape index (κ1) is 89.1. The zero-order chi connectivity index (χ0) is 67.2. The number of aliphatic hydroxyl groups is 1. The number of ether oxygens (including phenoxy) is 4. The Bertz CT molecular complexity index is 1770. The predicted octanol–water partition coefficient (Wildman–Crippen LogP) is 20.8. The summed E-state index contributed by atoms with van der Waals surface area (Å²) in [5.74, 6) is -0.517. The van der Waals surface area contributed by atoms with E-state index in [0.29, 0.717) is 25.7 Å². The van der Waals surface area contributed by atoms with Gasteiger partial charge in [-0.1, -0.05) is 318 Å². The van der Waals surface area contributed by atoms with Gasteiger partial charge in [0.1, 0.15) is 19.3 Å². The van der Waals surface area contributed by atoms with Crippen LogP contribution in [0.15, 0.2) is 0 Å². The molecule has 0 bridgehead atoms. The Morgan fingerprint density at radius 3 is 0.780 bits per heavy atom. The molecule has 0 rings (SSSR count). The van der Waals surface area contributed by atoms with Gasteiger partial charge in [0.2, 0.25) is 0 Å². The molecule has 19 heteroatoms. The molecule has 0 radical (unpaired) electrons. The maximum Gasteiger partial charge on any atom is 0.472 e. The Morgan fingerprint density at radius 1 is 0.308 bits per heavy atom. The molecule has 0 saturated carbocycles. The fraction of sp³-hybridized carbons (Fsp3) is 0.944. The number of unbranched alkanes of at least 4 members (excludes halogenated alkanes) is 39. The zero-order valence-electron chi connectivity index (χ0n) is 59.1. The second-order valence-corrected chi connectivity index (χ2v) is 29.4. The van der Waals surface area contributed by atoms with E-state index in [2.05, 4.69) is 41.5 Å². The second kappa shape index (κ2) is 64.1. The predicted molar refractivity (Wildman–Crippen MR) is 368 cm³/mol. The van der Waals surface area contributed by atoms with Crippen molar-refractivity contribution < 1.29 is 80.2 Å². The van der Waals surface area contributed by atoms with Gasteiger partial charge in [0.05, 0.1) is 26.4 Å². The number of hydrogen-bond acceptors (Lipinski definition) is 15. The SMILES string of the molecule is CCCCCCCCCCCCCCCCCCC(=O)OC[C@H](COP(=O)(O)OC[C@@H](O)COP(=O)(O)OC[C@@H](COC(=O)CCCCCCC)OC(=O)CCCCCCCCCCC(C)CC)OC(=O)CCCCCCCCCCCCCCCCC(C)CC. The maximum absolute atomic E-state index is 13.0. The van der Waals surface area contributed by atoms with Crippen LogP contribution < -0.4 is 0 Å². The molecule has 0 aromatic heterocycles. The van der Waals surface area contributed by atoms with Crippen molar-refractivity contribution in [2.24, 2.45) is 11.8 Å². The Balaban J connectivity index is 5.16. The van der Waals surface area contributed by atoms with E-state index in [0.717, 1.165) is 108 Å². The summed E-state index contributed by atoms with van der Waals surface area (Å²) in [6, 6.07) is 0. The molecule has 0 aliphatic rings. The summed E-state index contributed by atoms with van der Waals surface area (Å²) < 4.78 is 68.2. The van der Waals surface area contributed by atoms with Crippen LogP contribution in [0.25, 0.3) is 0 Å². The van der Waals surface area contributed by atoms with Gasteiger partial charge in [0.25, 0.3) is 0 Å². The van der Waals surface area contributed by atoms with E-state index in [1.807, 2.05) is 0 Å². The van der Waals surface area contributed by atoms with E-state index in [-0.39, 0.29) is 25.7 Å². The average Bonchev–Trinajstić information content (AvgIpc) is 2.40. The van der Waals surface area contributed by atoms with Crippen molar-refractivity contribution in [3.05, 3.63) is 0 Å². The van der Waals surface area contributed by atoms with Crippen LogP contribution in [0.5, 0.6) is 0 Å². The lowest BCUT2D eigenvalue weighted by Gasteiger charge is -2.21. The highest BCUT2D eigenvalue weighted by Crippen LogP contribution is 2.45. The highest BCUT2D eigenvalue weighted by atomic mass is 31.2. The van der Waals surface area contributed by atoms with Gasteiger partial charge >= 0.3 is 39.5 Å². The van der Waals surface area contributed by atoms with Gasteiger partial charge in [-0.05, 0) is 37.5 Å². The molecule has 0 aromatic rings. The molecule has 4 unspecified atom stereocenters. The molecule has 3 N–H and O–H groups in total. The van der Waals surface area contributed by atoms with Gasteiger partial charge in [-0.2, -0.15) is 0 Å². The second-order valence-electron chi connectivity index (χ2n) is 26.5. The normalized spacial score (nSPS) is 14.7. The van der Waals surface area contributed by atoms with Crippen molar-refractivity contribution in [2.45, 2.75) is 387 Å². The van der Waals surface area contributed by atoms with Crippen molar-refractivity contribution in [3.63, 3.8) is 0 Å². The molecule has 0 aliphatic heterocycles. The average molecular weight is 1340 g/mol. The van der Waals surface area contributed by atoms with Crippen LogP contribution in [-0.4, -0.2) is 96.7 Å². The molecule has 0 spiro atoms. The van der Waals surface area contributed by atoms with Gasteiger partial charge in [-0.15, -0.1) is 0 Å². The minimum absolute atomic E-state index is 0.104. The third kappa shape index (κ3) is 63.9. The number of aliphatic hydroxyl groups excluding tert-OH is 1. The van der Waals surface area contributed by atoms with Crippen molar-refractivity contribution >= 4 is 39.5 Å². The smallest absolute Gasteiger partial charge is 0.462 e. The summed E-state index contributed by atoms with van der Waals surface area (Å²) >= 11 is 0. The summed E-state index contributed by atoms with van der Waals surface area (Å²) in [6.45, 7) is 9.53. The van der Waals surface area contributed by atoms with E-state index in [4.69, 9.17) is 37.0 Å². The highest BCUT2D eigenvalue weighted by Gasteiger charge is 2.30. The molecular weight excluding hydrogens is 1200 g/mol. The van der Waals surface area contributed by atoms with Crippen LogP contribution in [-0.2, 0) is 65.4 Å². The first-order valence-corrected chi connectivity index (χ1v) is 40.6. The third-order valence-electron chi connectivity index (χ3n) is 17.4. The van der Waals surface area contributed by atoms with E-state index in [9.17, 15) is 43.2 Å².